The number of alkyl halides is 1. The number of anilines is 2. The summed E-state index contributed by atoms with van der Waals surface area (Å²) in [7, 11) is 3.50. The van der Waals surface area contributed by atoms with Crippen molar-refractivity contribution in [3.05, 3.63) is 20.8 Å². The third-order valence-corrected chi connectivity index (χ3v) is 4.25. The number of nitrogens with zero attached hydrogens (tertiary/aromatic N) is 3. The molecule has 0 aromatic carbocycles. The fourth-order valence-electron chi connectivity index (χ4n) is 2.86. The van der Waals surface area contributed by atoms with Crippen molar-refractivity contribution in [2.75, 3.05) is 42.5 Å². The Morgan fingerprint density at radius 3 is 2.62 bits per heavy atom. The van der Waals surface area contributed by atoms with Gasteiger partial charge >= 0.3 is 11.7 Å². The van der Waals surface area contributed by atoms with E-state index in [1.54, 1.807) is 7.05 Å². The standard InChI is InChI=1S/C15H23ClN4O4/c1-18-10-20(7-5-3-4-6-8-24-11(21)9-16)14-12(18)13(22)17-15(23)19(14)2/h3-10H2,1-2H3,(H,17,22,23). The molecule has 0 amide bonds. The largest absolute Gasteiger partial charge is 0.465 e. The summed E-state index contributed by atoms with van der Waals surface area (Å²) in [6.07, 6.45) is 3.65. The molecule has 1 aromatic heterocycles. The van der Waals surface area contributed by atoms with E-state index in [0.29, 0.717) is 24.8 Å². The Bertz CT molecular complexity index is 700. The van der Waals surface area contributed by atoms with E-state index in [0.717, 1.165) is 32.2 Å². The topological polar surface area (TPSA) is 87.6 Å². The van der Waals surface area contributed by atoms with Crippen LogP contribution in [0.3, 0.4) is 0 Å². The van der Waals surface area contributed by atoms with Crippen LogP contribution in [0.4, 0.5) is 11.5 Å². The van der Waals surface area contributed by atoms with Gasteiger partial charge in [0.05, 0.1) is 13.3 Å². The van der Waals surface area contributed by atoms with Crippen molar-refractivity contribution >= 4 is 29.1 Å². The van der Waals surface area contributed by atoms with E-state index in [-0.39, 0.29) is 17.4 Å². The number of nitrogens with one attached hydrogen (secondary N) is 1. The summed E-state index contributed by atoms with van der Waals surface area (Å²) in [5, 5.41) is 0. The number of halogens is 1. The number of fused-ring (bicyclic) bond motifs is 1. The number of H-pyrrole nitrogens is 1. The number of hydrogen-bond donors (Lipinski definition) is 1. The van der Waals surface area contributed by atoms with Crippen LogP contribution in [0.25, 0.3) is 0 Å². The second-order valence-electron chi connectivity index (χ2n) is 5.86. The van der Waals surface area contributed by atoms with Gasteiger partial charge in [0.1, 0.15) is 17.4 Å². The molecule has 2 rings (SSSR count). The van der Waals surface area contributed by atoms with Crippen molar-refractivity contribution in [2.45, 2.75) is 25.7 Å². The van der Waals surface area contributed by atoms with Crippen LogP contribution in [0.1, 0.15) is 25.7 Å². The van der Waals surface area contributed by atoms with Crippen LogP contribution in [0.15, 0.2) is 9.59 Å². The Morgan fingerprint density at radius 1 is 1.21 bits per heavy atom. The van der Waals surface area contributed by atoms with Gasteiger partial charge in [0.25, 0.3) is 5.56 Å². The molecular weight excluding hydrogens is 336 g/mol. The highest BCUT2D eigenvalue weighted by atomic mass is 35.5. The molecule has 1 aliphatic heterocycles. The molecule has 0 aliphatic carbocycles. The zero-order valence-electron chi connectivity index (χ0n) is 14.0. The third-order valence-electron chi connectivity index (χ3n) is 4.03. The van der Waals surface area contributed by atoms with Crippen LogP contribution in [0.5, 0.6) is 0 Å². The molecule has 1 N–H and O–H groups in total. The van der Waals surface area contributed by atoms with Crippen molar-refractivity contribution < 1.29 is 9.53 Å². The van der Waals surface area contributed by atoms with E-state index in [1.165, 1.54) is 4.57 Å². The van der Waals surface area contributed by atoms with Gasteiger partial charge < -0.3 is 14.5 Å². The van der Waals surface area contributed by atoms with E-state index in [4.69, 9.17) is 16.3 Å². The average Bonchev–Trinajstić information content (AvgIpc) is 2.88. The van der Waals surface area contributed by atoms with Gasteiger partial charge in [0.2, 0.25) is 0 Å². The fourth-order valence-corrected chi connectivity index (χ4v) is 2.93. The Labute approximate surface area is 145 Å². The number of ether oxygens (including phenoxy) is 1. The molecule has 0 unspecified atom stereocenters. The number of carbonyl (C=O) groups is 1. The summed E-state index contributed by atoms with van der Waals surface area (Å²) in [6, 6.07) is 0. The van der Waals surface area contributed by atoms with Crippen molar-refractivity contribution in [2.24, 2.45) is 7.05 Å². The van der Waals surface area contributed by atoms with Crippen LogP contribution in [0, 0.1) is 0 Å². The summed E-state index contributed by atoms with van der Waals surface area (Å²) in [6.45, 7) is 1.74. The highest BCUT2D eigenvalue weighted by Gasteiger charge is 2.28. The molecule has 8 nitrogen and oxygen atoms in total. The van der Waals surface area contributed by atoms with Gasteiger partial charge in [-0.15, -0.1) is 11.6 Å². The first kappa shape index (κ1) is 18.4. The molecular formula is C15H23ClN4O4. The molecule has 0 saturated heterocycles. The minimum Gasteiger partial charge on any atom is -0.465 e. The Morgan fingerprint density at radius 2 is 1.92 bits per heavy atom. The molecule has 9 heteroatoms. The van der Waals surface area contributed by atoms with Crippen LogP contribution in [-0.2, 0) is 16.6 Å². The molecule has 2 heterocycles. The lowest BCUT2D eigenvalue weighted by Crippen LogP contribution is -2.32. The SMILES string of the molecule is CN1CN(CCCCCCOC(=O)CCl)c2c1c(=O)[nH]c(=O)n2C. The quantitative estimate of drug-likeness (QED) is 0.416. The van der Waals surface area contributed by atoms with Gasteiger partial charge in [-0.3, -0.25) is 19.1 Å². The summed E-state index contributed by atoms with van der Waals surface area (Å²) < 4.78 is 6.39. The van der Waals surface area contributed by atoms with Crippen LogP contribution >= 0.6 is 11.6 Å². The highest BCUT2D eigenvalue weighted by Crippen LogP contribution is 2.29. The number of esters is 1. The molecule has 0 saturated carbocycles. The van der Waals surface area contributed by atoms with E-state index in [2.05, 4.69) is 4.98 Å². The van der Waals surface area contributed by atoms with Gasteiger partial charge in [-0.2, -0.15) is 0 Å². The lowest BCUT2D eigenvalue weighted by Gasteiger charge is -2.20. The molecule has 134 valence electrons. The Balaban J connectivity index is 1.83. The van der Waals surface area contributed by atoms with Crippen molar-refractivity contribution in [3.63, 3.8) is 0 Å². The molecule has 0 atom stereocenters. The van der Waals surface area contributed by atoms with Crippen LogP contribution in [-0.4, -0.2) is 48.3 Å². The normalized spacial score (nSPS) is 13.3. The van der Waals surface area contributed by atoms with Crippen LogP contribution < -0.4 is 21.0 Å². The molecule has 1 aromatic rings. The zero-order chi connectivity index (χ0) is 17.7. The van der Waals surface area contributed by atoms with Gasteiger partial charge in [-0.25, -0.2) is 4.79 Å². The van der Waals surface area contributed by atoms with E-state index >= 15 is 0 Å². The number of carbonyl (C=O) groups excluding carboxylic acids is 1. The van der Waals surface area contributed by atoms with E-state index in [9.17, 15) is 14.4 Å². The lowest BCUT2D eigenvalue weighted by molar-refractivity contribution is -0.140. The van der Waals surface area contributed by atoms with Gasteiger partial charge in [-0.1, -0.05) is 6.42 Å². The monoisotopic (exact) mass is 358 g/mol. The molecule has 0 fully saturated rings. The first-order valence-corrected chi connectivity index (χ1v) is 8.50. The maximum atomic E-state index is 12.0. The second kappa shape index (κ2) is 8.23. The summed E-state index contributed by atoms with van der Waals surface area (Å²) in [5.74, 6) is 0.168. The lowest BCUT2D eigenvalue weighted by atomic mass is 10.2. The van der Waals surface area contributed by atoms with Crippen LogP contribution in [0.2, 0.25) is 0 Å². The first-order valence-electron chi connectivity index (χ1n) is 7.96. The van der Waals surface area contributed by atoms with E-state index < -0.39 is 5.69 Å². The van der Waals surface area contributed by atoms with E-state index in [1.807, 2.05) is 16.8 Å². The number of aromatic amines is 1. The molecule has 1 aliphatic rings. The zero-order valence-corrected chi connectivity index (χ0v) is 14.8. The minimum absolute atomic E-state index is 0.111. The van der Waals surface area contributed by atoms with Gasteiger partial charge in [-0.05, 0) is 19.3 Å². The second-order valence-corrected chi connectivity index (χ2v) is 6.13. The summed E-state index contributed by atoms with van der Waals surface area (Å²) >= 11 is 5.34. The molecule has 0 bridgehead atoms. The molecule has 24 heavy (non-hydrogen) atoms. The predicted octanol–water partition coefficient (Wildman–Crippen LogP) is 0.630. The Kier molecular flexibility index (Phi) is 6.30. The average molecular weight is 359 g/mol. The highest BCUT2D eigenvalue weighted by molar-refractivity contribution is 6.26. The third kappa shape index (κ3) is 4.11. The number of hydrogen-bond acceptors (Lipinski definition) is 6. The predicted molar refractivity (Wildman–Crippen MR) is 93.1 cm³/mol. The minimum atomic E-state index is -0.403. The molecule has 0 spiro atoms. The fraction of sp³-hybridized carbons (Fsp3) is 0.667. The van der Waals surface area contributed by atoms with Gasteiger partial charge in [0.15, 0.2) is 0 Å². The molecule has 0 radical (unpaired) electrons. The maximum absolute atomic E-state index is 12.0. The number of aromatic nitrogens is 2. The summed E-state index contributed by atoms with van der Waals surface area (Å²) in [5.41, 5.74) is -0.218. The maximum Gasteiger partial charge on any atom is 0.329 e. The Hall–Kier alpha value is -1.96. The van der Waals surface area contributed by atoms with Crippen molar-refractivity contribution in [1.82, 2.24) is 9.55 Å². The number of unbranched alkanes of at least 4 members (excludes halogenated alkanes) is 3. The van der Waals surface area contributed by atoms with Crippen molar-refractivity contribution in [1.29, 1.82) is 0 Å². The van der Waals surface area contributed by atoms with Crippen molar-refractivity contribution in [3.8, 4) is 0 Å². The summed E-state index contributed by atoms with van der Waals surface area (Å²) in [4.78, 5) is 40.9. The number of rotatable bonds is 8. The first-order chi connectivity index (χ1) is 11.5. The smallest absolute Gasteiger partial charge is 0.329 e. The van der Waals surface area contributed by atoms with Gasteiger partial charge in [0, 0.05) is 20.6 Å².